The molecule has 0 aromatic rings. The van der Waals surface area contributed by atoms with Crippen LogP contribution in [-0.2, 0) is 19.1 Å². The molecule has 3 fully saturated rings. The summed E-state index contributed by atoms with van der Waals surface area (Å²) in [6, 6.07) is 0. The van der Waals surface area contributed by atoms with Crippen LogP contribution in [0.15, 0.2) is 12.7 Å². The van der Waals surface area contributed by atoms with E-state index in [1.54, 1.807) is 6.08 Å². The van der Waals surface area contributed by atoms with Crippen molar-refractivity contribution in [3.63, 3.8) is 0 Å². The van der Waals surface area contributed by atoms with E-state index in [0.29, 0.717) is 18.1 Å². The minimum Gasteiger partial charge on any atom is -0.459 e. The van der Waals surface area contributed by atoms with Crippen LogP contribution < -0.4 is 0 Å². The molecule has 0 aromatic heterocycles. The van der Waals surface area contributed by atoms with E-state index in [2.05, 4.69) is 34.3 Å². The van der Waals surface area contributed by atoms with Crippen LogP contribution in [0.4, 0.5) is 0 Å². The molecular weight excluding hydrogens is 328 g/mol. The molecule has 4 nitrogen and oxygen atoms in total. The summed E-state index contributed by atoms with van der Waals surface area (Å²) in [6.07, 6.45) is 5.64. The van der Waals surface area contributed by atoms with Crippen molar-refractivity contribution in [2.45, 2.75) is 91.0 Å². The molecule has 2 saturated carbocycles. The Morgan fingerprint density at radius 3 is 2.42 bits per heavy atom. The van der Waals surface area contributed by atoms with Gasteiger partial charge in [0.2, 0.25) is 0 Å². The van der Waals surface area contributed by atoms with Gasteiger partial charge in [-0.05, 0) is 56.8 Å². The van der Waals surface area contributed by atoms with Crippen molar-refractivity contribution < 1.29 is 19.1 Å². The third-order valence-corrected chi connectivity index (χ3v) is 7.99. The first-order valence-electron chi connectivity index (χ1n) is 9.93. The monoisotopic (exact) mass is 362 g/mol. The van der Waals surface area contributed by atoms with Crippen LogP contribution in [0.25, 0.3) is 0 Å². The molecule has 0 bridgehead atoms. The average molecular weight is 363 g/mol. The molecule has 1 aliphatic heterocycles. The van der Waals surface area contributed by atoms with Gasteiger partial charge in [0.15, 0.2) is 0 Å². The van der Waals surface area contributed by atoms with Gasteiger partial charge in [-0.2, -0.15) is 0 Å². The number of fused-ring (bicyclic) bond motifs is 3. The summed E-state index contributed by atoms with van der Waals surface area (Å²) in [5.74, 6) is 0.683. The highest BCUT2D eigenvalue weighted by Gasteiger charge is 2.65. The Bertz CT molecular complexity index is 638. The Morgan fingerprint density at radius 1 is 1.19 bits per heavy atom. The zero-order valence-electron chi connectivity index (χ0n) is 17.2. The fraction of sp³-hybridized carbons (Fsp3) is 0.818. The molecule has 2 aliphatic carbocycles. The second-order valence-corrected chi connectivity index (χ2v) is 9.93. The molecule has 6 atom stereocenters. The highest BCUT2D eigenvalue weighted by Crippen LogP contribution is 2.65. The summed E-state index contributed by atoms with van der Waals surface area (Å²) in [7, 11) is 0. The Labute approximate surface area is 157 Å². The van der Waals surface area contributed by atoms with Gasteiger partial charge >= 0.3 is 5.97 Å². The second kappa shape index (κ2) is 5.92. The molecular formula is C22H34O4. The first kappa shape index (κ1) is 19.6. The molecule has 0 radical (unpaired) electrons. The van der Waals surface area contributed by atoms with Crippen molar-refractivity contribution in [2.24, 2.45) is 22.7 Å². The van der Waals surface area contributed by atoms with Crippen LogP contribution in [0.5, 0.6) is 0 Å². The first-order valence-corrected chi connectivity index (χ1v) is 9.93. The van der Waals surface area contributed by atoms with E-state index < -0.39 is 5.60 Å². The fourth-order valence-electron chi connectivity index (χ4n) is 6.50. The summed E-state index contributed by atoms with van der Waals surface area (Å²) >= 11 is 0. The van der Waals surface area contributed by atoms with Gasteiger partial charge in [-0.15, -0.1) is 6.58 Å². The van der Waals surface area contributed by atoms with E-state index in [-0.39, 0.29) is 34.4 Å². The predicted molar refractivity (Wildman–Crippen MR) is 101 cm³/mol. The lowest BCUT2D eigenvalue weighted by atomic mass is 9.44. The lowest BCUT2D eigenvalue weighted by Gasteiger charge is -2.65. The van der Waals surface area contributed by atoms with Gasteiger partial charge in [0, 0.05) is 18.8 Å². The molecule has 0 N–H and O–H groups in total. The van der Waals surface area contributed by atoms with Gasteiger partial charge < -0.3 is 9.47 Å². The second-order valence-electron chi connectivity index (χ2n) is 9.93. The highest BCUT2D eigenvalue weighted by atomic mass is 16.6. The normalized spacial score (nSPS) is 47.5. The first-order chi connectivity index (χ1) is 11.9. The van der Waals surface area contributed by atoms with E-state index in [9.17, 15) is 9.59 Å². The minimum absolute atomic E-state index is 0.00527. The van der Waals surface area contributed by atoms with Crippen molar-refractivity contribution in [1.82, 2.24) is 0 Å². The van der Waals surface area contributed by atoms with Gasteiger partial charge in [-0.1, -0.05) is 26.8 Å². The number of carbonyl (C=O) groups excluding carboxylic acids is 2. The van der Waals surface area contributed by atoms with Crippen molar-refractivity contribution in [2.75, 3.05) is 0 Å². The minimum atomic E-state index is -0.680. The third kappa shape index (κ3) is 2.67. The zero-order valence-corrected chi connectivity index (χ0v) is 17.2. The number of ketones is 1. The Kier molecular flexibility index (Phi) is 4.46. The summed E-state index contributed by atoms with van der Waals surface area (Å²) in [5.41, 5.74) is -1.27. The zero-order chi connectivity index (χ0) is 19.5. The van der Waals surface area contributed by atoms with Crippen molar-refractivity contribution >= 4 is 11.8 Å². The van der Waals surface area contributed by atoms with Gasteiger partial charge in [-0.25, -0.2) is 0 Å². The maximum absolute atomic E-state index is 12.6. The largest absolute Gasteiger partial charge is 0.459 e. The highest BCUT2D eigenvalue weighted by molar-refractivity contribution is 5.85. The molecule has 26 heavy (non-hydrogen) atoms. The number of carbonyl (C=O) groups is 2. The van der Waals surface area contributed by atoms with E-state index in [1.165, 1.54) is 6.92 Å². The van der Waals surface area contributed by atoms with Crippen LogP contribution in [-0.4, -0.2) is 29.1 Å². The molecule has 0 unspecified atom stereocenters. The van der Waals surface area contributed by atoms with Crippen LogP contribution in [0.3, 0.4) is 0 Å². The fourth-order valence-corrected chi connectivity index (χ4v) is 6.50. The van der Waals surface area contributed by atoms with Gasteiger partial charge in [0.25, 0.3) is 0 Å². The topological polar surface area (TPSA) is 52.6 Å². The van der Waals surface area contributed by atoms with Crippen molar-refractivity contribution in [1.29, 1.82) is 0 Å². The SMILES string of the molecule is C=C[C@]1(C)O[C@@]2(C)CC[C@@H]3C(C)(C)C(=O)CC[C@@]3(C)[C@@H]2C[C@H]1OC(C)=O. The van der Waals surface area contributed by atoms with Crippen LogP contribution in [0.2, 0.25) is 0 Å². The Morgan fingerprint density at radius 2 is 1.85 bits per heavy atom. The molecule has 4 heteroatoms. The van der Waals surface area contributed by atoms with Crippen molar-refractivity contribution in [3.8, 4) is 0 Å². The average Bonchev–Trinajstić information content (AvgIpc) is 2.52. The Hall–Kier alpha value is -1.16. The maximum atomic E-state index is 12.6. The lowest BCUT2D eigenvalue weighted by molar-refractivity contribution is -0.282. The maximum Gasteiger partial charge on any atom is 0.303 e. The summed E-state index contributed by atoms with van der Waals surface area (Å²) < 4.78 is 12.3. The van der Waals surface area contributed by atoms with Crippen LogP contribution >= 0.6 is 0 Å². The lowest BCUT2D eigenvalue weighted by Crippen LogP contribution is -2.67. The smallest absolute Gasteiger partial charge is 0.303 e. The molecule has 1 heterocycles. The van der Waals surface area contributed by atoms with Crippen molar-refractivity contribution in [3.05, 3.63) is 12.7 Å². The van der Waals surface area contributed by atoms with Crippen LogP contribution in [0, 0.1) is 22.7 Å². The van der Waals surface area contributed by atoms with E-state index >= 15 is 0 Å². The number of rotatable bonds is 2. The van der Waals surface area contributed by atoms with E-state index in [1.807, 2.05) is 6.92 Å². The predicted octanol–water partition coefficient (Wildman–Crippen LogP) is 4.46. The van der Waals surface area contributed by atoms with Gasteiger partial charge in [0.1, 0.15) is 17.5 Å². The standard InChI is InChI=1S/C22H34O4/c1-8-21(6)18(25-14(2)23)13-16-20(5)11-10-17(24)19(3,4)15(20)9-12-22(16,7)26-21/h8,15-16,18H,1,9-13H2,2-7H3/t15-,16+,18-,20-,21+,22+/m1/s1. The number of Topliss-reactive ketones (excluding diaryl/α,β-unsaturated/α-hetero) is 1. The Balaban J connectivity index is 2.01. The van der Waals surface area contributed by atoms with Crippen LogP contribution in [0.1, 0.15) is 73.6 Å². The number of ether oxygens (including phenoxy) is 2. The third-order valence-electron chi connectivity index (χ3n) is 7.99. The quantitative estimate of drug-likeness (QED) is 0.537. The molecule has 0 aromatic carbocycles. The molecule has 3 rings (SSSR count). The number of esters is 1. The molecule has 0 amide bonds. The molecule has 3 aliphatic rings. The summed E-state index contributed by atoms with van der Waals surface area (Å²) in [6.45, 7) is 16.1. The summed E-state index contributed by atoms with van der Waals surface area (Å²) in [5, 5.41) is 0. The van der Waals surface area contributed by atoms with Gasteiger partial charge in [-0.3, -0.25) is 9.59 Å². The van der Waals surface area contributed by atoms with E-state index in [4.69, 9.17) is 9.47 Å². The van der Waals surface area contributed by atoms with E-state index in [0.717, 1.165) is 25.7 Å². The molecule has 1 saturated heterocycles. The molecule has 146 valence electrons. The number of hydrogen-bond donors (Lipinski definition) is 0. The van der Waals surface area contributed by atoms with Gasteiger partial charge in [0.05, 0.1) is 5.60 Å². The molecule has 0 spiro atoms. The number of hydrogen-bond acceptors (Lipinski definition) is 4. The summed E-state index contributed by atoms with van der Waals surface area (Å²) in [4.78, 5) is 24.3.